The van der Waals surface area contributed by atoms with E-state index in [2.05, 4.69) is 19.9 Å². The van der Waals surface area contributed by atoms with Crippen LogP contribution in [0.2, 0.25) is 0 Å². The average Bonchev–Trinajstić information content (AvgIpc) is 3.27. The van der Waals surface area contributed by atoms with Gasteiger partial charge in [-0.2, -0.15) is 0 Å². The first-order valence-corrected chi connectivity index (χ1v) is 18.7. The molecule has 0 aliphatic heterocycles. The van der Waals surface area contributed by atoms with Crippen molar-refractivity contribution >= 4 is 43.5 Å². The number of aromatic nitrogens is 6. The summed E-state index contributed by atoms with van der Waals surface area (Å²) < 4.78 is 61.8. The van der Waals surface area contributed by atoms with Gasteiger partial charge >= 0.3 is 0 Å². The Bertz CT molecular complexity index is 3130. The monoisotopic (exact) mass is 798 g/mol. The van der Waals surface area contributed by atoms with E-state index in [1.807, 2.05) is 42.5 Å². The van der Waals surface area contributed by atoms with Crippen LogP contribution >= 0.6 is 0 Å². The summed E-state index contributed by atoms with van der Waals surface area (Å²) in [7, 11) is 0. The molecule has 0 bridgehead atoms. The first kappa shape index (κ1) is 37.7. The molecule has 0 atom stereocenters. The molecule has 4 heterocycles. The number of fused-ring (bicyclic) bond motifs is 4. The Morgan fingerprint density at radius 3 is 1.52 bits per heavy atom. The lowest BCUT2D eigenvalue weighted by Crippen LogP contribution is -2.22. The first-order valence-electron chi connectivity index (χ1n) is 18.7. The zero-order valence-electron chi connectivity index (χ0n) is 31.4. The van der Waals surface area contributed by atoms with Crippen molar-refractivity contribution in [2.24, 2.45) is 0 Å². The molecule has 0 unspecified atom stereocenters. The summed E-state index contributed by atoms with van der Waals surface area (Å²) >= 11 is 0. The van der Waals surface area contributed by atoms with Gasteiger partial charge in [0.25, 0.3) is 11.1 Å². The van der Waals surface area contributed by atoms with Crippen molar-refractivity contribution in [1.82, 2.24) is 29.1 Å². The van der Waals surface area contributed by atoms with Crippen LogP contribution in [0.25, 0.3) is 65.7 Å². The van der Waals surface area contributed by atoms with Gasteiger partial charge in [-0.15, -0.1) is 0 Å². The highest BCUT2D eigenvalue weighted by Crippen LogP contribution is 2.29. The Morgan fingerprint density at radius 1 is 0.433 bits per heavy atom. The smallest absolute Gasteiger partial charge is 0.261 e. The van der Waals surface area contributed by atoms with Gasteiger partial charge < -0.3 is 0 Å². The van der Waals surface area contributed by atoms with Crippen LogP contribution in [-0.4, -0.2) is 29.1 Å². The maximum atomic E-state index is 14.9. The van der Waals surface area contributed by atoms with Crippen molar-refractivity contribution in [3.63, 3.8) is 0 Å². The lowest BCUT2D eigenvalue weighted by Gasteiger charge is -2.11. The Kier molecular flexibility index (Phi) is 9.94. The summed E-state index contributed by atoms with van der Waals surface area (Å²) in [4.78, 5) is 42.0. The molecule has 0 aliphatic rings. The molecule has 0 saturated heterocycles. The predicted octanol–water partition coefficient (Wildman–Crippen LogP) is 9.88. The first-order chi connectivity index (χ1) is 29.2. The molecular formula is C48H30F4N6O2. The van der Waals surface area contributed by atoms with Gasteiger partial charge in [0.15, 0.2) is 0 Å². The van der Waals surface area contributed by atoms with Crippen molar-refractivity contribution in [1.29, 1.82) is 0 Å². The van der Waals surface area contributed by atoms with Crippen LogP contribution in [0.4, 0.5) is 17.6 Å². The summed E-state index contributed by atoms with van der Waals surface area (Å²) in [6.07, 6.45) is 7.73. The molecule has 0 saturated carbocycles. The van der Waals surface area contributed by atoms with Crippen LogP contribution in [0.15, 0.2) is 168 Å². The van der Waals surface area contributed by atoms with Gasteiger partial charge in [0.05, 0.1) is 53.1 Å². The van der Waals surface area contributed by atoms with Gasteiger partial charge in [0, 0.05) is 40.5 Å². The van der Waals surface area contributed by atoms with Gasteiger partial charge in [-0.25, -0.2) is 27.5 Å². The van der Waals surface area contributed by atoms with E-state index in [9.17, 15) is 27.2 Å². The SMILES string of the molecule is O=c1c2ccccc2ncn1Cc1c(F)cc(-c2ccc3cnccc3c2)cc1F.O=c1c2ccccc2ncn1Cc1c(F)cc(-c2ccc3ncccc3c2)cc1F. The van der Waals surface area contributed by atoms with Crippen molar-refractivity contribution in [3.8, 4) is 22.3 Å². The van der Waals surface area contributed by atoms with Gasteiger partial charge in [0.1, 0.15) is 23.3 Å². The molecule has 0 radical (unpaired) electrons. The molecule has 12 heteroatoms. The fourth-order valence-corrected chi connectivity index (χ4v) is 7.14. The molecule has 0 aliphatic carbocycles. The molecule has 0 fully saturated rings. The number of hydrogen-bond acceptors (Lipinski definition) is 6. The molecule has 6 aromatic carbocycles. The molecule has 10 rings (SSSR count). The normalized spacial score (nSPS) is 11.3. The van der Waals surface area contributed by atoms with E-state index in [4.69, 9.17) is 0 Å². The summed E-state index contributed by atoms with van der Waals surface area (Å²) in [5, 5.41) is 3.57. The fraction of sp³-hybridized carbons (Fsp3) is 0.0417. The molecule has 10 aromatic rings. The largest absolute Gasteiger partial charge is 0.294 e. The van der Waals surface area contributed by atoms with Gasteiger partial charge in [-0.1, -0.05) is 48.5 Å². The van der Waals surface area contributed by atoms with Crippen LogP contribution in [0.5, 0.6) is 0 Å². The molecule has 0 N–H and O–H groups in total. The minimum atomic E-state index is -0.712. The molecule has 4 aromatic heterocycles. The maximum absolute atomic E-state index is 14.9. The van der Waals surface area contributed by atoms with Crippen LogP contribution in [0.1, 0.15) is 11.1 Å². The highest BCUT2D eigenvalue weighted by Gasteiger charge is 2.17. The van der Waals surface area contributed by atoms with E-state index in [0.717, 1.165) is 21.7 Å². The number of halogens is 4. The molecule has 8 nitrogen and oxygen atoms in total. The molecule has 0 spiro atoms. The van der Waals surface area contributed by atoms with E-state index >= 15 is 0 Å². The van der Waals surface area contributed by atoms with Gasteiger partial charge in [0.2, 0.25) is 0 Å². The summed E-state index contributed by atoms with van der Waals surface area (Å²) in [5.74, 6) is -2.84. The fourth-order valence-electron chi connectivity index (χ4n) is 7.14. The third-order valence-corrected chi connectivity index (χ3v) is 10.3. The second-order valence-corrected chi connectivity index (χ2v) is 14.1. The number of nitrogens with zero attached hydrogens (tertiary/aromatic N) is 6. The predicted molar refractivity (Wildman–Crippen MR) is 224 cm³/mol. The minimum absolute atomic E-state index is 0.178. The second-order valence-electron chi connectivity index (χ2n) is 14.1. The maximum Gasteiger partial charge on any atom is 0.261 e. The van der Waals surface area contributed by atoms with Crippen molar-refractivity contribution < 1.29 is 17.6 Å². The number of para-hydroxylation sites is 2. The standard InChI is InChI=1S/2C24H15F2N3O/c25-20-11-17(15-7-8-22-16(10-15)4-3-9-27-22)12-21(26)19(20)13-29-14-28-23-6-2-1-5-18(23)24(29)30;25-21-10-18(15-5-6-17-12-27-8-7-16(17)9-15)11-22(26)20(21)13-29-14-28-23-4-2-1-3-19(23)24(29)30/h2*1-12,14H,13H2. The number of hydrogen-bond donors (Lipinski definition) is 0. The third-order valence-electron chi connectivity index (χ3n) is 10.3. The van der Waals surface area contributed by atoms with Crippen LogP contribution in [0, 0.1) is 23.3 Å². The highest BCUT2D eigenvalue weighted by atomic mass is 19.1. The van der Waals surface area contributed by atoms with Crippen LogP contribution in [0.3, 0.4) is 0 Å². The van der Waals surface area contributed by atoms with E-state index in [1.165, 1.54) is 46.1 Å². The summed E-state index contributed by atoms with van der Waals surface area (Å²) in [6.45, 7) is -0.478. The third kappa shape index (κ3) is 7.37. The lowest BCUT2D eigenvalue weighted by molar-refractivity contribution is 0.541. The van der Waals surface area contributed by atoms with E-state index in [0.29, 0.717) is 44.1 Å². The van der Waals surface area contributed by atoms with Crippen molar-refractivity contribution in [3.05, 3.63) is 214 Å². The quantitative estimate of drug-likeness (QED) is 0.156. The minimum Gasteiger partial charge on any atom is -0.294 e. The molecule has 0 amide bonds. The van der Waals surface area contributed by atoms with Crippen LogP contribution in [-0.2, 0) is 13.1 Å². The molecule has 60 heavy (non-hydrogen) atoms. The Balaban J connectivity index is 0.000000154. The number of pyridine rings is 2. The van der Waals surface area contributed by atoms with Gasteiger partial charge in [-0.05, 0) is 107 Å². The van der Waals surface area contributed by atoms with E-state index < -0.39 is 23.3 Å². The highest BCUT2D eigenvalue weighted by molar-refractivity contribution is 5.87. The average molecular weight is 799 g/mol. The Morgan fingerprint density at radius 2 is 0.950 bits per heavy atom. The molecule has 292 valence electrons. The summed E-state index contributed by atoms with van der Waals surface area (Å²) in [5.41, 5.74) is 3.08. The number of rotatable bonds is 6. The molecular weight excluding hydrogens is 769 g/mol. The van der Waals surface area contributed by atoms with E-state index in [-0.39, 0.29) is 35.3 Å². The Hall–Kier alpha value is -7.86. The topological polar surface area (TPSA) is 95.6 Å². The van der Waals surface area contributed by atoms with Gasteiger partial charge in [-0.3, -0.25) is 28.7 Å². The van der Waals surface area contributed by atoms with Crippen molar-refractivity contribution in [2.45, 2.75) is 13.1 Å². The number of benzene rings is 6. The zero-order valence-corrected chi connectivity index (χ0v) is 31.4. The van der Waals surface area contributed by atoms with Crippen molar-refractivity contribution in [2.75, 3.05) is 0 Å². The van der Waals surface area contributed by atoms with E-state index in [1.54, 1.807) is 79.3 Å². The lowest BCUT2D eigenvalue weighted by atomic mass is 10.00. The Labute approximate surface area is 338 Å². The summed E-state index contributed by atoms with van der Waals surface area (Å²) in [6, 6.07) is 35.4. The zero-order chi connectivity index (χ0) is 41.3. The second kappa shape index (κ2) is 15.8. The van der Waals surface area contributed by atoms with Crippen LogP contribution < -0.4 is 11.1 Å².